The molecule has 8 N–H and O–H groups in total. The average molecular weight is 1010 g/mol. The minimum Gasteiger partial charge on any atom is -0.377 e. The van der Waals surface area contributed by atoms with Crippen LogP contribution in [0.5, 0.6) is 0 Å². The standard InChI is InChI=1S/C48H92N8O14/c1-41(2)29-49-33-46(10)38(58)54-42(3,4)30-50-34-45(9,37(57)53-41)67-25-21-63-17-13-61-15-19-65-23-27-69-47(11)35-51-31-44(7,8)56-40(60)48(12,36-52-32-43(5,6)55-39(47)59)70-28-24-66-20-16-62-14-18-64-22-26-68-46/h49-52H,13-36H2,1-12H3,(H,53,57)(H,54,58)(H,55,59)(H,56,60). The smallest absolute Gasteiger partial charge is 0.253 e. The van der Waals surface area contributed by atoms with Gasteiger partial charge < -0.3 is 89.9 Å². The second kappa shape index (κ2) is 28.7. The molecule has 22 heteroatoms. The van der Waals surface area contributed by atoms with Crippen molar-refractivity contribution >= 4 is 23.6 Å². The van der Waals surface area contributed by atoms with Crippen LogP contribution in [0.4, 0.5) is 0 Å². The Labute approximate surface area is 417 Å². The molecular weight excluding hydrogens is 913 g/mol. The van der Waals surface area contributed by atoms with Gasteiger partial charge in [0.1, 0.15) is 0 Å². The lowest BCUT2D eigenvalue weighted by molar-refractivity contribution is -0.151. The van der Waals surface area contributed by atoms with Crippen LogP contribution in [0.2, 0.25) is 0 Å². The molecule has 0 radical (unpaired) electrons. The molecule has 4 unspecified atom stereocenters. The lowest BCUT2D eigenvalue weighted by atomic mass is 9.97. The van der Waals surface area contributed by atoms with Crippen molar-refractivity contribution in [2.45, 2.75) is 128 Å². The van der Waals surface area contributed by atoms with Gasteiger partial charge in [0.2, 0.25) is 0 Å². The maximum atomic E-state index is 13.8. The first-order valence-corrected chi connectivity index (χ1v) is 24.9. The summed E-state index contributed by atoms with van der Waals surface area (Å²) in [7, 11) is 0. The van der Waals surface area contributed by atoms with Crippen molar-refractivity contribution in [2.75, 3.05) is 158 Å². The number of carbonyl (C=O) groups excluding carboxylic acids is 4. The van der Waals surface area contributed by atoms with Crippen molar-refractivity contribution in [2.24, 2.45) is 0 Å². The summed E-state index contributed by atoms with van der Waals surface area (Å²) in [5, 5.41) is 25.9. The van der Waals surface area contributed by atoms with Gasteiger partial charge >= 0.3 is 0 Å². The molecule has 4 atom stereocenters. The maximum absolute atomic E-state index is 13.8. The van der Waals surface area contributed by atoms with Crippen molar-refractivity contribution in [3.63, 3.8) is 0 Å². The van der Waals surface area contributed by atoms with E-state index in [-0.39, 0.29) is 103 Å². The topological polar surface area (TPSA) is 257 Å². The molecule has 0 aromatic carbocycles. The van der Waals surface area contributed by atoms with Gasteiger partial charge in [0.25, 0.3) is 23.6 Å². The van der Waals surface area contributed by atoms with Crippen molar-refractivity contribution in [3.05, 3.63) is 0 Å². The molecule has 70 heavy (non-hydrogen) atoms. The largest absolute Gasteiger partial charge is 0.377 e. The quantitative estimate of drug-likeness (QED) is 0.147. The minimum atomic E-state index is -1.25. The zero-order valence-corrected chi connectivity index (χ0v) is 44.7. The highest BCUT2D eigenvalue weighted by molar-refractivity contribution is 5.87. The molecule has 0 saturated carbocycles. The van der Waals surface area contributed by atoms with E-state index in [0.717, 1.165) is 0 Å². The van der Waals surface area contributed by atoms with Crippen LogP contribution in [0.1, 0.15) is 83.1 Å². The van der Waals surface area contributed by atoms with Gasteiger partial charge in [-0.25, -0.2) is 0 Å². The molecule has 6 aliphatic rings. The van der Waals surface area contributed by atoms with Crippen LogP contribution in [-0.4, -0.2) is 226 Å². The highest BCUT2D eigenvalue weighted by Gasteiger charge is 2.43. The Hall–Kier alpha value is -2.68. The zero-order chi connectivity index (χ0) is 52.0. The molecule has 408 valence electrons. The van der Waals surface area contributed by atoms with E-state index in [1.165, 1.54) is 0 Å². The summed E-state index contributed by atoms with van der Waals surface area (Å²) in [6.07, 6.45) is 0. The number of rotatable bonds is 0. The van der Waals surface area contributed by atoms with Crippen molar-refractivity contribution < 1.29 is 66.5 Å². The Bertz CT molecular complexity index is 1380. The van der Waals surface area contributed by atoms with E-state index in [1.54, 1.807) is 27.7 Å². The van der Waals surface area contributed by atoms with Gasteiger partial charge in [-0.2, -0.15) is 0 Å². The van der Waals surface area contributed by atoms with E-state index in [9.17, 15) is 19.2 Å². The number of amides is 4. The first-order valence-electron chi connectivity index (χ1n) is 24.9. The summed E-state index contributed by atoms with van der Waals surface area (Å²) in [4.78, 5) is 55.4. The third-order valence-electron chi connectivity index (χ3n) is 11.9. The summed E-state index contributed by atoms with van der Waals surface area (Å²) < 4.78 is 59.3. The predicted molar refractivity (Wildman–Crippen MR) is 263 cm³/mol. The molecule has 6 saturated heterocycles. The fourth-order valence-electron chi connectivity index (χ4n) is 7.56. The Kier molecular flexibility index (Phi) is 25.3. The lowest BCUT2D eigenvalue weighted by Gasteiger charge is -2.39. The van der Waals surface area contributed by atoms with E-state index in [1.807, 2.05) is 55.4 Å². The van der Waals surface area contributed by atoms with E-state index in [2.05, 4.69) is 42.5 Å². The van der Waals surface area contributed by atoms with Gasteiger partial charge in [0.05, 0.1) is 106 Å². The molecule has 0 aromatic heterocycles. The first kappa shape index (κ1) is 61.6. The van der Waals surface area contributed by atoms with Gasteiger partial charge in [0, 0.05) is 74.5 Å². The van der Waals surface area contributed by atoms with Crippen LogP contribution >= 0.6 is 0 Å². The Morgan fingerprint density at radius 2 is 0.414 bits per heavy atom. The van der Waals surface area contributed by atoms with Crippen molar-refractivity contribution in [1.29, 1.82) is 0 Å². The van der Waals surface area contributed by atoms with Gasteiger partial charge in [-0.15, -0.1) is 0 Å². The van der Waals surface area contributed by atoms with Crippen molar-refractivity contribution in [1.82, 2.24) is 42.5 Å². The van der Waals surface area contributed by atoms with E-state index in [4.69, 9.17) is 47.4 Å². The molecule has 0 aliphatic carbocycles. The van der Waals surface area contributed by atoms with Gasteiger partial charge in [-0.05, 0) is 83.1 Å². The number of carbonyl (C=O) groups is 4. The molecule has 0 spiro atoms. The maximum Gasteiger partial charge on any atom is 0.253 e. The molecule has 6 fully saturated rings. The third kappa shape index (κ3) is 22.6. The third-order valence-corrected chi connectivity index (χ3v) is 11.9. The summed E-state index contributed by atoms with van der Waals surface area (Å²) >= 11 is 0. The molecule has 6 heterocycles. The number of hydrogen-bond donors (Lipinski definition) is 8. The summed E-state index contributed by atoms with van der Waals surface area (Å²) in [6.45, 7) is 28.2. The van der Waals surface area contributed by atoms with E-state index >= 15 is 0 Å². The van der Waals surface area contributed by atoms with Crippen LogP contribution in [0.3, 0.4) is 0 Å². The Balaban J connectivity index is 1.68. The second-order valence-corrected chi connectivity index (χ2v) is 21.8. The van der Waals surface area contributed by atoms with Crippen LogP contribution in [-0.2, 0) is 66.5 Å². The SMILES string of the molecule is CC1(C)CNCC2(C)OCCOCCOCCOCCOC3(C)CNCC(C)(C)NC(=O)C(C)(CNCC(C)(C)NC3=O)OCCOCCOCCOCCOC(C)(CNCC(C)(C)NC2=O)C(=O)N1. The monoisotopic (exact) mass is 1000 g/mol. The van der Waals surface area contributed by atoms with Gasteiger partial charge in [0.15, 0.2) is 22.4 Å². The number of hydrogen-bond acceptors (Lipinski definition) is 18. The molecule has 6 rings (SSSR count). The fourth-order valence-corrected chi connectivity index (χ4v) is 7.56. The molecule has 4 amide bonds. The molecule has 6 aliphatic heterocycles. The van der Waals surface area contributed by atoms with Crippen molar-refractivity contribution in [3.8, 4) is 0 Å². The highest BCUT2D eigenvalue weighted by atomic mass is 16.6. The predicted octanol–water partition coefficient (Wildman–Crippen LogP) is -0.834. The normalized spacial score (nSPS) is 33.1. The fraction of sp³-hybridized carbons (Fsp3) is 0.917. The van der Waals surface area contributed by atoms with Gasteiger partial charge in [-0.1, -0.05) is 0 Å². The second-order valence-electron chi connectivity index (χ2n) is 21.8. The van der Waals surface area contributed by atoms with Crippen LogP contribution in [0.25, 0.3) is 0 Å². The number of nitrogens with one attached hydrogen (secondary N) is 8. The average Bonchev–Trinajstić information content (AvgIpc) is 3.25. The molecule has 22 nitrogen and oxygen atoms in total. The van der Waals surface area contributed by atoms with E-state index in [0.29, 0.717) is 79.0 Å². The zero-order valence-electron chi connectivity index (χ0n) is 44.7. The molecule has 4 bridgehead atoms. The summed E-state index contributed by atoms with van der Waals surface area (Å²) in [5.74, 6) is -1.16. The first-order chi connectivity index (χ1) is 32.8. The molecular formula is C48H92N8O14. The van der Waals surface area contributed by atoms with Gasteiger partial charge in [-0.3, -0.25) is 19.2 Å². The summed E-state index contributed by atoms with van der Waals surface area (Å²) in [5.41, 5.74) is -7.87. The van der Waals surface area contributed by atoms with Crippen LogP contribution in [0, 0.1) is 0 Å². The lowest BCUT2D eigenvalue weighted by Crippen LogP contribution is -2.65. The van der Waals surface area contributed by atoms with Crippen LogP contribution < -0.4 is 42.5 Å². The Morgan fingerprint density at radius 1 is 0.257 bits per heavy atom. The highest BCUT2D eigenvalue weighted by Crippen LogP contribution is 2.19. The van der Waals surface area contributed by atoms with Crippen LogP contribution in [0.15, 0.2) is 0 Å². The Morgan fingerprint density at radius 3 is 0.586 bits per heavy atom. The molecule has 0 aromatic rings. The van der Waals surface area contributed by atoms with E-state index < -0.39 is 44.6 Å². The minimum absolute atomic E-state index is 0.152. The summed E-state index contributed by atoms with van der Waals surface area (Å²) in [6, 6.07) is 0. The number of ether oxygens (including phenoxy) is 10.